The van der Waals surface area contributed by atoms with Crippen molar-refractivity contribution in [2.75, 3.05) is 23.9 Å². The maximum Gasteiger partial charge on any atom is 0.454 e. The predicted octanol–water partition coefficient (Wildman–Crippen LogP) is 18.2. The largest absolute Gasteiger partial charge is 0.510 e. The van der Waals surface area contributed by atoms with Crippen LogP contribution in [-0.4, -0.2) is 31.2 Å². The summed E-state index contributed by atoms with van der Waals surface area (Å²) in [6.07, 6.45) is 0. The van der Waals surface area contributed by atoms with Gasteiger partial charge in [-0.2, -0.15) is 0 Å². The van der Waals surface area contributed by atoms with Gasteiger partial charge in [0.15, 0.2) is 0 Å². The molecule has 4 aromatic rings. The number of fused-ring (bicyclic) bond motifs is 4. The van der Waals surface area contributed by atoms with E-state index >= 15 is 0 Å². The number of benzene rings is 4. The van der Waals surface area contributed by atoms with Crippen LogP contribution in [0.3, 0.4) is 0 Å². The van der Waals surface area contributed by atoms with E-state index in [1.165, 1.54) is 44.5 Å². The first-order valence-corrected chi connectivity index (χ1v) is 31.7. The molecule has 0 saturated carbocycles. The lowest BCUT2D eigenvalue weighted by molar-refractivity contribution is 0.379. The second-order valence-electron chi connectivity index (χ2n) is 29.8. The zero-order valence-corrected chi connectivity index (χ0v) is 52.1. The first-order valence-electron chi connectivity index (χ1n) is 26.0. The van der Waals surface area contributed by atoms with Crippen LogP contribution in [0.15, 0.2) is 48.5 Å². The quantitative estimate of drug-likeness (QED) is 0.164. The average molecular weight is 992 g/mol. The summed E-state index contributed by atoms with van der Waals surface area (Å²) in [5, 5.41) is 0. The van der Waals surface area contributed by atoms with E-state index in [1.807, 2.05) is 0 Å². The van der Waals surface area contributed by atoms with E-state index in [9.17, 15) is 0 Å². The number of anilines is 4. The summed E-state index contributed by atoms with van der Waals surface area (Å²) < 4.78 is 27.7. The van der Waals surface area contributed by atoms with Gasteiger partial charge in [-0.15, -0.1) is 0 Å². The Morgan fingerprint density at radius 1 is 0.271 bits per heavy atom. The Balaban J connectivity index is 0.000000261. The Labute approximate surface area is 431 Å². The number of hydrogen-bond acceptors (Lipinski definition) is 6. The van der Waals surface area contributed by atoms with Crippen LogP contribution >= 0.6 is 0 Å². The van der Waals surface area contributed by atoms with E-state index in [2.05, 4.69) is 265 Å². The highest BCUT2D eigenvalue weighted by Gasteiger charge is 2.43. The van der Waals surface area contributed by atoms with Gasteiger partial charge in [-0.1, -0.05) is 190 Å². The van der Waals surface area contributed by atoms with Crippen LogP contribution < -0.4 is 27.5 Å². The van der Waals surface area contributed by atoms with Gasteiger partial charge >= 0.3 is 17.1 Å². The number of rotatable bonds is 0. The second kappa shape index (κ2) is 17.9. The Hall–Kier alpha value is -3.89. The molecule has 4 aromatic carbocycles. The molecule has 2 aliphatic rings. The molecule has 0 aliphatic carbocycles. The van der Waals surface area contributed by atoms with Gasteiger partial charge < -0.3 is 27.5 Å². The molecule has 0 unspecified atom stereocenters. The van der Waals surface area contributed by atoms with Gasteiger partial charge in [-0.25, -0.2) is 0 Å². The molecule has 2 heterocycles. The van der Waals surface area contributed by atoms with Crippen molar-refractivity contribution in [1.82, 2.24) is 0 Å². The van der Waals surface area contributed by atoms with Crippen molar-refractivity contribution in [1.29, 1.82) is 0 Å². The molecule has 0 amide bonds. The van der Waals surface area contributed by atoms with Crippen LogP contribution in [0.2, 0.25) is 26.2 Å². The van der Waals surface area contributed by atoms with Crippen molar-refractivity contribution in [2.24, 2.45) is 0 Å². The van der Waals surface area contributed by atoms with Crippen molar-refractivity contribution in [3.05, 3.63) is 93.0 Å². The lowest BCUT2D eigenvalue weighted by atomic mass is 9.79. The van der Waals surface area contributed by atoms with Crippen LogP contribution in [0, 0.1) is 0 Å². The lowest BCUT2D eigenvalue weighted by Crippen LogP contribution is -2.45. The summed E-state index contributed by atoms with van der Waals surface area (Å²) in [6, 6.07) is 18.8. The Morgan fingerprint density at radius 3 is 0.557 bits per heavy atom. The van der Waals surface area contributed by atoms with E-state index in [4.69, 9.17) is 17.7 Å². The summed E-state index contributed by atoms with van der Waals surface area (Å²) in [4.78, 5) is 4.62. The summed E-state index contributed by atoms with van der Waals surface area (Å²) in [6.45, 7) is 63.4. The third kappa shape index (κ3) is 12.3. The van der Waals surface area contributed by atoms with Gasteiger partial charge in [0, 0.05) is 62.5 Å². The fourth-order valence-corrected chi connectivity index (χ4v) is 12.0. The molecular weight excluding hydrogens is 893 g/mol. The van der Waals surface area contributed by atoms with Gasteiger partial charge in [0.1, 0.15) is 23.0 Å². The molecule has 6 rings (SSSR count). The van der Waals surface area contributed by atoms with Crippen molar-refractivity contribution < 1.29 is 17.7 Å². The SMILES string of the molecule is CN1c2cc(C(C)(C)C)cc(C(C)(C)C)c2O[Si](C)(C)Oc2c1cc(C(C)(C)C)cc2C(C)(C)C.CN1c2cc(C(C)(C)C)cc(C(C)(C)C)c2O[Si](C)(C)Oc2c1cc(C(C)(C)C)cc2C(C)(C)C. The Bertz CT molecular complexity index is 2240. The molecule has 6 nitrogen and oxygen atoms in total. The predicted molar refractivity (Wildman–Crippen MR) is 309 cm³/mol. The van der Waals surface area contributed by atoms with E-state index in [0.717, 1.165) is 45.7 Å². The molecule has 0 spiro atoms. The fourth-order valence-electron chi connectivity index (χ4n) is 9.12. The standard InChI is InChI=1S/2C31H49NO2Si/c2*1-28(2,3)20-16-22(30(7,8)9)26-24(18-20)32(13)25-19-21(29(4,5)6)17-23(31(10,11)12)27(25)34-35(14,15)33-26/h2*16-19H,1-15H3. The third-order valence-corrected chi connectivity index (χ3v) is 16.6. The maximum atomic E-state index is 6.92. The van der Waals surface area contributed by atoms with Crippen LogP contribution in [0.4, 0.5) is 22.7 Å². The molecular formula is C62H98N2O4Si2. The molecule has 0 fully saturated rings. The van der Waals surface area contributed by atoms with Gasteiger partial charge in [-0.05, 0) is 89.8 Å². The van der Waals surface area contributed by atoms with Crippen molar-refractivity contribution in [3.63, 3.8) is 0 Å². The Morgan fingerprint density at radius 2 is 0.429 bits per heavy atom. The van der Waals surface area contributed by atoms with Crippen LogP contribution in [0.1, 0.15) is 211 Å². The van der Waals surface area contributed by atoms with Crippen LogP contribution in [0.5, 0.6) is 23.0 Å². The maximum absolute atomic E-state index is 6.92. The molecule has 0 atom stereocenters. The normalized spacial score (nSPS) is 16.5. The highest BCUT2D eigenvalue weighted by molar-refractivity contribution is 6.66. The molecule has 70 heavy (non-hydrogen) atoms. The molecule has 8 heteroatoms. The molecule has 388 valence electrons. The van der Waals surface area contributed by atoms with Crippen molar-refractivity contribution in [3.8, 4) is 23.0 Å². The highest BCUT2D eigenvalue weighted by Crippen LogP contribution is 2.54. The third-order valence-electron chi connectivity index (χ3n) is 13.8. The lowest BCUT2D eigenvalue weighted by Gasteiger charge is -2.40. The molecule has 0 radical (unpaired) electrons. The molecule has 0 saturated heterocycles. The summed E-state index contributed by atoms with van der Waals surface area (Å²) in [5.41, 5.74) is 14.6. The summed E-state index contributed by atoms with van der Waals surface area (Å²) in [5.74, 6) is 3.87. The minimum atomic E-state index is -2.58. The number of hydrogen-bond donors (Lipinski definition) is 0. The topological polar surface area (TPSA) is 43.4 Å². The fraction of sp³-hybridized carbons (Fsp3) is 0.613. The first kappa shape index (κ1) is 57.0. The zero-order valence-electron chi connectivity index (χ0n) is 50.1. The average Bonchev–Trinajstić information content (AvgIpc) is 3.12. The molecule has 0 N–H and O–H groups in total. The molecule has 0 bridgehead atoms. The van der Waals surface area contributed by atoms with E-state index in [1.54, 1.807) is 0 Å². The Kier molecular flexibility index (Phi) is 14.6. The van der Waals surface area contributed by atoms with Gasteiger partial charge in [0.05, 0.1) is 22.7 Å². The number of nitrogens with zero attached hydrogens (tertiary/aromatic N) is 2. The smallest absolute Gasteiger partial charge is 0.454 e. The monoisotopic (exact) mass is 991 g/mol. The van der Waals surface area contributed by atoms with Gasteiger partial charge in [-0.3, -0.25) is 0 Å². The van der Waals surface area contributed by atoms with E-state index in [-0.39, 0.29) is 43.3 Å². The minimum Gasteiger partial charge on any atom is -0.510 e. The van der Waals surface area contributed by atoms with Crippen molar-refractivity contribution in [2.45, 2.75) is 236 Å². The molecule has 2 aliphatic heterocycles. The second-order valence-corrected chi connectivity index (χ2v) is 36.2. The van der Waals surface area contributed by atoms with Crippen molar-refractivity contribution >= 4 is 39.9 Å². The van der Waals surface area contributed by atoms with Gasteiger partial charge in [0.2, 0.25) is 0 Å². The molecule has 0 aromatic heterocycles. The highest BCUT2D eigenvalue weighted by atomic mass is 28.4. The minimum absolute atomic E-state index is 0.0222. The van der Waals surface area contributed by atoms with Crippen LogP contribution in [0.25, 0.3) is 0 Å². The summed E-state index contributed by atoms with van der Waals surface area (Å²) >= 11 is 0. The van der Waals surface area contributed by atoms with Crippen LogP contribution in [-0.2, 0) is 43.3 Å². The zero-order chi connectivity index (χ0) is 53.9. The first-order chi connectivity index (χ1) is 31.0. The van der Waals surface area contributed by atoms with Gasteiger partial charge in [0.25, 0.3) is 0 Å². The summed E-state index contributed by atoms with van der Waals surface area (Å²) in [7, 11) is -0.820. The van der Waals surface area contributed by atoms with E-state index in [0.29, 0.717) is 0 Å². The van der Waals surface area contributed by atoms with E-state index < -0.39 is 17.1 Å².